The molecular weight excluding hydrogens is 342 g/mol. The summed E-state index contributed by atoms with van der Waals surface area (Å²) < 4.78 is 29.1. The van der Waals surface area contributed by atoms with Crippen LogP contribution in [0.4, 0.5) is 8.78 Å². The van der Waals surface area contributed by atoms with E-state index >= 15 is 0 Å². The third kappa shape index (κ3) is 3.75. The molecule has 2 aromatic rings. The van der Waals surface area contributed by atoms with E-state index in [4.69, 9.17) is 5.26 Å². The standard InChI is InChI=1S/C19H16F2N2O3/c20-19(21)26-14-6-7-15-11(8-14)2-1-3-16(15)23-18(25)12-4-5-13(10-22)17(24)9-12/h4-9,16,19,24H,1-3H2,(H,23,25). The van der Waals surface area contributed by atoms with Crippen molar-refractivity contribution in [2.24, 2.45) is 0 Å². The van der Waals surface area contributed by atoms with Gasteiger partial charge in [0.1, 0.15) is 17.6 Å². The van der Waals surface area contributed by atoms with Gasteiger partial charge in [0.15, 0.2) is 0 Å². The van der Waals surface area contributed by atoms with Gasteiger partial charge in [-0.2, -0.15) is 14.0 Å². The minimum atomic E-state index is -2.88. The van der Waals surface area contributed by atoms with Crippen LogP contribution >= 0.6 is 0 Å². The monoisotopic (exact) mass is 358 g/mol. The Bertz CT molecular complexity index is 878. The molecule has 0 saturated heterocycles. The summed E-state index contributed by atoms with van der Waals surface area (Å²) in [5.41, 5.74) is 2.06. The molecule has 134 valence electrons. The topological polar surface area (TPSA) is 82.4 Å². The van der Waals surface area contributed by atoms with Crippen molar-refractivity contribution in [1.82, 2.24) is 5.32 Å². The third-order valence-corrected chi connectivity index (χ3v) is 4.34. The molecule has 0 spiro atoms. The molecule has 0 aromatic heterocycles. The van der Waals surface area contributed by atoms with Crippen LogP contribution < -0.4 is 10.1 Å². The molecule has 1 atom stereocenters. The van der Waals surface area contributed by atoms with Gasteiger partial charge in [-0.15, -0.1) is 0 Å². The third-order valence-electron chi connectivity index (χ3n) is 4.34. The van der Waals surface area contributed by atoms with E-state index in [1.165, 1.54) is 24.3 Å². The zero-order valence-electron chi connectivity index (χ0n) is 13.7. The Labute approximate surface area is 148 Å². The van der Waals surface area contributed by atoms with Gasteiger partial charge in [0, 0.05) is 5.56 Å². The van der Waals surface area contributed by atoms with Crippen molar-refractivity contribution in [2.45, 2.75) is 31.9 Å². The van der Waals surface area contributed by atoms with Gasteiger partial charge in [-0.05, 0) is 60.7 Å². The molecule has 0 saturated carbocycles. The van der Waals surface area contributed by atoms with Crippen LogP contribution in [0.1, 0.15) is 45.9 Å². The molecule has 1 amide bonds. The first-order valence-corrected chi connectivity index (χ1v) is 8.09. The van der Waals surface area contributed by atoms with E-state index in [2.05, 4.69) is 10.1 Å². The maximum absolute atomic E-state index is 12.5. The Kier molecular flexibility index (Phi) is 5.03. The number of fused-ring (bicyclic) bond motifs is 1. The van der Waals surface area contributed by atoms with E-state index in [0.717, 1.165) is 30.4 Å². The number of ether oxygens (including phenoxy) is 1. The zero-order chi connectivity index (χ0) is 18.7. The number of phenols is 1. The number of carbonyl (C=O) groups is 1. The average molecular weight is 358 g/mol. The van der Waals surface area contributed by atoms with Crippen molar-refractivity contribution < 1.29 is 23.4 Å². The first-order chi connectivity index (χ1) is 12.5. The Hall–Kier alpha value is -3.14. The highest BCUT2D eigenvalue weighted by Gasteiger charge is 2.23. The molecule has 26 heavy (non-hydrogen) atoms. The second kappa shape index (κ2) is 7.40. The number of hydrogen-bond acceptors (Lipinski definition) is 4. The highest BCUT2D eigenvalue weighted by molar-refractivity contribution is 5.95. The molecular formula is C19H16F2N2O3. The SMILES string of the molecule is N#Cc1ccc(C(=O)NC2CCCc3cc(OC(F)F)ccc32)cc1O. The Morgan fingerprint density at radius 1 is 1.31 bits per heavy atom. The van der Waals surface area contributed by atoms with Gasteiger partial charge in [0.05, 0.1) is 11.6 Å². The summed E-state index contributed by atoms with van der Waals surface area (Å²) >= 11 is 0. The molecule has 0 aliphatic heterocycles. The molecule has 1 unspecified atom stereocenters. The highest BCUT2D eigenvalue weighted by atomic mass is 19.3. The number of benzene rings is 2. The Morgan fingerprint density at radius 2 is 2.12 bits per heavy atom. The number of phenolic OH excluding ortho intramolecular Hbond substituents is 1. The summed E-state index contributed by atoms with van der Waals surface area (Å²) in [5, 5.41) is 21.5. The summed E-state index contributed by atoms with van der Waals surface area (Å²) in [6.45, 7) is -2.88. The van der Waals surface area contributed by atoms with Crippen LogP contribution in [-0.2, 0) is 6.42 Å². The fraction of sp³-hybridized carbons (Fsp3) is 0.263. The molecule has 7 heteroatoms. The average Bonchev–Trinajstić information content (AvgIpc) is 2.61. The largest absolute Gasteiger partial charge is 0.507 e. The number of nitrogens with zero attached hydrogens (tertiary/aromatic N) is 1. The van der Waals surface area contributed by atoms with Crippen LogP contribution in [0.5, 0.6) is 11.5 Å². The second-order valence-electron chi connectivity index (χ2n) is 6.00. The maximum atomic E-state index is 12.5. The van der Waals surface area contributed by atoms with E-state index in [1.807, 2.05) is 6.07 Å². The lowest BCUT2D eigenvalue weighted by Crippen LogP contribution is -2.31. The number of carbonyl (C=O) groups excluding carboxylic acids is 1. The van der Waals surface area contributed by atoms with E-state index in [1.54, 1.807) is 12.1 Å². The fourth-order valence-electron chi connectivity index (χ4n) is 3.13. The van der Waals surface area contributed by atoms with Crippen molar-refractivity contribution in [3.8, 4) is 17.6 Å². The molecule has 2 N–H and O–H groups in total. The van der Waals surface area contributed by atoms with E-state index in [-0.39, 0.29) is 34.6 Å². The van der Waals surface area contributed by atoms with Gasteiger partial charge in [-0.25, -0.2) is 0 Å². The van der Waals surface area contributed by atoms with Crippen LogP contribution in [0.25, 0.3) is 0 Å². The number of hydrogen-bond donors (Lipinski definition) is 2. The first-order valence-electron chi connectivity index (χ1n) is 8.09. The summed E-state index contributed by atoms with van der Waals surface area (Å²) in [4.78, 5) is 12.5. The lowest BCUT2D eigenvalue weighted by Gasteiger charge is -2.27. The minimum Gasteiger partial charge on any atom is -0.507 e. The molecule has 5 nitrogen and oxygen atoms in total. The molecule has 3 rings (SSSR count). The summed E-state index contributed by atoms with van der Waals surface area (Å²) in [7, 11) is 0. The first kappa shape index (κ1) is 17.7. The smallest absolute Gasteiger partial charge is 0.387 e. The van der Waals surface area contributed by atoms with Gasteiger partial charge >= 0.3 is 6.61 Å². The lowest BCUT2D eigenvalue weighted by molar-refractivity contribution is -0.0499. The number of alkyl halides is 2. The number of halogens is 2. The molecule has 0 bridgehead atoms. The van der Waals surface area contributed by atoms with E-state index in [0.29, 0.717) is 0 Å². The van der Waals surface area contributed by atoms with Gasteiger partial charge < -0.3 is 15.2 Å². The number of aryl methyl sites for hydroxylation is 1. The van der Waals surface area contributed by atoms with E-state index < -0.39 is 6.61 Å². The maximum Gasteiger partial charge on any atom is 0.387 e. The van der Waals surface area contributed by atoms with Gasteiger partial charge in [-0.3, -0.25) is 4.79 Å². The van der Waals surface area contributed by atoms with Crippen LogP contribution in [0.15, 0.2) is 36.4 Å². The quantitative estimate of drug-likeness (QED) is 0.874. The van der Waals surface area contributed by atoms with Gasteiger partial charge in [0.2, 0.25) is 0 Å². The molecule has 0 heterocycles. The van der Waals surface area contributed by atoms with Gasteiger partial charge in [0.25, 0.3) is 5.91 Å². The van der Waals surface area contributed by atoms with Crippen molar-refractivity contribution in [3.63, 3.8) is 0 Å². The number of amides is 1. The molecule has 0 radical (unpaired) electrons. The Balaban J connectivity index is 1.78. The minimum absolute atomic E-state index is 0.0936. The Morgan fingerprint density at radius 3 is 2.81 bits per heavy atom. The predicted molar refractivity (Wildman–Crippen MR) is 89.0 cm³/mol. The van der Waals surface area contributed by atoms with E-state index in [9.17, 15) is 18.7 Å². The van der Waals surface area contributed by atoms with Crippen LogP contribution in [0.3, 0.4) is 0 Å². The van der Waals surface area contributed by atoms with Crippen LogP contribution in [-0.4, -0.2) is 17.6 Å². The molecule has 1 aliphatic rings. The summed E-state index contributed by atoms with van der Waals surface area (Å²) in [6.07, 6.45) is 2.24. The van der Waals surface area contributed by atoms with Crippen molar-refractivity contribution >= 4 is 5.91 Å². The van der Waals surface area contributed by atoms with Crippen molar-refractivity contribution in [1.29, 1.82) is 5.26 Å². The zero-order valence-corrected chi connectivity index (χ0v) is 13.7. The summed E-state index contributed by atoms with van der Waals surface area (Å²) in [5.74, 6) is -0.531. The predicted octanol–water partition coefficient (Wildman–Crippen LogP) is 3.67. The summed E-state index contributed by atoms with van der Waals surface area (Å²) in [6, 6.07) is 10.4. The molecule has 2 aromatic carbocycles. The lowest BCUT2D eigenvalue weighted by atomic mass is 9.87. The van der Waals surface area contributed by atoms with Crippen molar-refractivity contribution in [2.75, 3.05) is 0 Å². The van der Waals surface area contributed by atoms with Crippen LogP contribution in [0.2, 0.25) is 0 Å². The number of aromatic hydroxyl groups is 1. The number of rotatable bonds is 4. The molecule has 0 fully saturated rings. The van der Waals surface area contributed by atoms with Crippen LogP contribution in [0, 0.1) is 11.3 Å². The van der Waals surface area contributed by atoms with Crippen molar-refractivity contribution in [3.05, 3.63) is 58.7 Å². The fourth-order valence-corrected chi connectivity index (χ4v) is 3.13. The number of nitrogens with one attached hydrogen (secondary N) is 1. The van der Waals surface area contributed by atoms with Gasteiger partial charge in [-0.1, -0.05) is 6.07 Å². The normalized spacial score (nSPS) is 15.8. The second-order valence-corrected chi connectivity index (χ2v) is 6.00. The highest BCUT2D eigenvalue weighted by Crippen LogP contribution is 2.33. The number of nitriles is 1. The molecule has 1 aliphatic carbocycles.